The molecule has 0 saturated carbocycles. The molecule has 2 aromatic rings. The minimum atomic E-state index is -0.770. The van der Waals surface area contributed by atoms with Crippen LogP contribution in [0.1, 0.15) is 28.2 Å². The molecule has 7 nitrogen and oxygen atoms in total. The van der Waals surface area contributed by atoms with Crippen molar-refractivity contribution in [2.75, 3.05) is 26.2 Å². The molecule has 0 aromatic carbocycles. The zero-order valence-corrected chi connectivity index (χ0v) is 15.2. The number of aliphatic carboxylic acids is 1. The molecule has 0 spiro atoms. The SMILES string of the molecule is O=C(O)CC[C@]12CN(Cc3cncs3)C[C@H]1CN(C(=O)c1ccc[nH]1)C2. The third-order valence-electron chi connectivity index (χ3n) is 5.64. The molecule has 4 heterocycles. The van der Waals surface area contributed by atoms with Gasteiger partial charge in [0.1, 0.15) is 5.69 Å². The van der Waals surface area contributed by atoms with E-state index in [1.807, 2.05) is 22.7 Å². The fraction of sp³-hybridized carbons (Fsp3) is 0.500. The van der Waals surface area contributed by atoms with Gasteiger partial charge in [0.05, 0.1) is 5.51 Å². The van der Waals surface area contributed by atoms with Gasteiger partial charge in [-0.15, -0.1) is 11.3 Å². The maximum atomic E-state index is 12.7. The summed E-state index contributed by atoms with van der Waals surface area (Å²) < 4.78 is 0. The lowest BCUT2D eigenvalue weighted by Crippen LogP contribution is -2.37. The molecule has 0 radical (unpaired) electrons. The molecule has 26 heavy (non-hydrogen) atoms. The van der Waals surface area contributed by atoms with E-state index in [9.17, 15) is 14.7 Å². The summed E-state index contributed by atoms with van der Waals surface area (Å²) >= 11 is 1.64. The number of nitrogens with one attached hydrogen (secondary N) is 1. The van der Waals surface area contributed by atoms with Crippen molar-refractivity contribution < 1.29 is 14.7 Å². The molecule has 2 aliphatic rings. The van der Waals surface area contributed by atoms with Crippen molar-refractivity contribution in [3.05, 3.63) is 40.6 Å². The van der Waals surface area contributed by atoms with E-state index < -0.39 is 5.97 Å². The Labute approximate surface area is 155 Å². The highest BCUT2D eigenvalue weighted by Gasteiger charge is 2.53. The van der Waals surface area contributed by atoms with E-state index in [1.165, 1.54) is 4.88 Å². The van der Waals surface area contributed by atoms with Crippen LogP contribution in [0.2, 0.25) is 0 Å². The Balaban J connectivity index is 1.49. The van der Waals surface area contributed by atoms with E-state index in [0.717, 1.165) is 19.6 Å². The van der Waals surface area contributed by atoms with Crippen LogP contribution in [-0.4, -0.2) is 62.9 Å². The van der Waals surface area contributed by atoms with Crippen LogP contribution in [0.15, 0.2) is 30.0 Å². The zero-order valence-electron chi connectivity index (χ0n) is 14.4. The van der Waals surface area contributed by atoms with Gasteiger partial charge in [-0.2, -0.15) is 0 Å². The molecule has 2 aromatic heterocycles. The quantitative estimate of drug-likeness (QED) is 0.806. The molecule has 1 amide bonds. The number of amides is 1. The van der Waals surface area contributed by atoms with Crippen LogP contribution < -0.4 is 0 Å². The highest BCUT2D eigenvalue weighted by molar-refractivity contribution is 7.09. The van der Waals surface area contributed by atoms with Crippen LogP contribution in [-0.2, 0) is 11.3 Å². The standard InChI is InChI=1S/C18H22N4O3S/c23-16(24)3-4-18-10-21(9-14-6-19-12-26-14)7-13(18)8-22(11-18)17(25)15-2-1-5-20-15/h1-2,5-6,12-13,20H,3-4,7-11H2,(H,23,24)/t13-,18+/m0/s1. The first kappa shape index (κ1) is 17.2. The molecule has 0 bridgehead atoms. The number of likely N-dealkylation sites (tertiary alicyclic amines) is 2. The summed E-state index contributed by atoms with van der Waals surface area (Å²) in [5, 5.41) is 9.18. The Bertz CT molecular complexity index is 776. The Morgan fingerprint density at radius 1 is 1.38 bits per heavy atom. The number of rotatable bonds is 6. The van der Waals surface area contributed by atoms with Crippen LogP contribution in [0.4, 0.5) is 0 Å². The first-order chi connectivity index (χ1) is 12.6. The normalized spacial score (nSPS) is 25.5. The van der Waals surface area contributed by atoms with Gasteiger partial charge in [0.25, 0.3) is 5.91 Å². The second-order valence-corrected chi connectivity index (χ2v) is 8.33. The molecular weight excluding hydrogens is 352 g/mol. The van der Waals surface area contributed by atoms with Crippen LogP contribution >= 0.6 is 11.3 Å². The highest BCUT2D eigenvalue weighted by Crippen LogP contribution is 2.46. The maximum absolute atomic E-state index is 12.7. The number of aromatic amines is 1. The van der Waals surface area contributed by atoms with E-state index in [0.29, 0.717) is 31.1 Å². The second kappa shape index (κ2) is 6.85. The summed E-state index contributed by atoms with van der Waals surface area (Å²) in [5.74, 6) is -0.449. The molecule has 2 saturated heterocycles. The number of carbonyl (C=O) groups is 2. The summed E-state index contributed by atoms with van der Waals surface area (Å²) in [4.78, 5) is 36.5. The number of nitrogens with zero attached hydrogens (tertiary/aromatic N) is 3. The number of carboxylic acid groups (broad SMARTS) is 1. The van der Waals surface area contributed by atoms with Crippen LogP contribution in [0.25, 0.3) is 0 Å². The van der Waals surface area contributed by atoms with Crippen LogP contribution in [0.3, 0.4) is 0 Å². The lowest BCUT2D eigenvalue weighted by atomic mass is 9.77. The van der Waals surface area contributed by atoms with E-state index in [4.69, 9.17) is 0 Å². The molecule has 2 aliphatic heterocycles. The molecule has 0 unspecified atom stereocenters. The number of aromatic nitrogens is 2. The molecule has 2 atom stereocenters. The Morgan fingerprint density at radius 3 is 2.96 bits per heavy atom. The number of H-pyrrole nitrogens is 1. The van der Waals surface area contributed by atoms with Crippen LogP contribution in [0, 0.1) is 11.3 Å². The number of hydrogen-bond donors (Lipinski definition) is 2. The van der Waals surface area contributed by atoms with Crippen molar-refractivity contribution in [3.8, 4) is 0 Å². The number of carbonyl (C=O) groups excluding carboxylic acids is 1. The van der Waals surface area contributed by atoms with Gasteiger partial charge in [0, 0.05) is 61.8 Å². The van der Waals surface area contributed by atoms with E-state index in [1.54, 1.807) is 23.6 Å². The molecule has 4 rings (SSSR count). The van der Waals surface area contributed by atoms with Crippen molar-refractivity contribution >= 4 is 23.2 Å². The third kappa shape index (κ3) is 3.26. The zero-order chi connectivity index (χ0) is 18.1. The fourth-order valence-electron chi connectivity index (χ4n) is 4.45. The molecule has 2 N–H and O–H groups in total. The van der Waals surface area contributed by atoms with Crippen molar-refractivity contribution in [2.24, 2.45) is 11.3 Å². The average molecular weight is 374 g/mol. The van der Waals surface area contributed by atoms with Gasteiger partial charge in [-0.25, -0.2) is 0 Å². The summed E-state index contributed by atoms with van der Waals surface area (Å²) in [6, 6.07) is 3.61. The van der Waals surface area contributed by atoms with Gasteiger partial charge in [-0.05, 0) is 24.5 Å². The van der Waals surface area contributed by atoms with E-state index in [2.05, 4.69) is 14.9 Å². The Kier molecular flexibility index (Phi) is 4.54. The summed E-state index contributed by atoms with van der Waals surface area (Å²) in [6.45, 7) is 3.89. The summed E-state index contributed by atoms with van der Waals surface area (Å²) in [7, 11) is 0. The van der Waals surface area contributed by atoms with Gasteiger partial charge in [0.2, 0.25) is 0 Å². The van der Waals surface area contributed by atoms with Crippen molar-refractivity contribution in [1.82, 2.24) is 19.8 Å². The molecule has 8 heteroatoms. The van der Waals surface area contributed by atoms with Gasteiger partial charge in [-0.3, -0.25) is 19.5 Å². The first-order valence-corrected chi connectivity index (χ1v) is 9.68. The van der Waals surface area contributed by atoms with E-state index >= 15 is 0 Å². The third-order valence-corrected chi connectivity index (χ3v) is 6.41. The molecule has 2 fully saturated rings. The second-order valence-electron chi connectivity index (χ2n) is 7.36. The first-order valence-electron chi connectivity index (χ1n) is 8.80. The Morgan fingerprint density at radius 2 is 2.27 bits per heavy atom. The number of carboxylic acids is 1. The highest BCUT2D eigenvalue weighted by atomic mass is 32.1. The summed E-state index contributed by atoms with van der Waals surface area (Å²) in [6.07, 6.45) is 4.40. The van der Waals surface area contributed by atoms with Crippen molar-refractivity contribution in [2.45, 2.75) is 19.4 Å². The van der Waals surface area contributed by atoms with Gasteiger partial charge >= 0.3 is 5.97 Å². The van der Waals surface area contributed by atoms with Crippen LogP contribution in [0.5, 0.6) is 0 Å². The molecule has 138 valence electrons. The van der Waals surface area contributed by atoms with E-state index in [-0.39, 0.29) is 17.7 Å². The number of fused-ring (bicyclic) bond motifs is 1. The summed E-state index contributed by atoms with van der Waals surface area (Å²) in [5.41, 5.74) is 2.30. The predicted octanol–water partition coefficient (Wildman–Crippen LogP) is 1.91. The Hall–Kier alpha value is -2.19. The monoisotopic (exact) mass is 374 g/mol. The largest absolute Gasteiger partial charge is 0.481 e. The van der Waals surface area contributed by atoms with Gasteiger partial charge < -0.3 is 15.0 Å². The van der Waals surface area contributed by atoms with Gasteiger partial charge in [-0.1, -0.05) is 0 Å². The smallest absolute Gasteiger partial charge is 0.303 e. The topological polar surface area (TPSA) is 89.5 Å². The minimum Gasteiger partial charge on any atom is -0.481 e. The molecular formula is C18H22N4O3S. The number of thiazole rings is 1. The lowest BCUT2D eigenvalue weighted by molar-refractivity contribution is -0.137. The fourth-order valence-corrected chi connectivity index (χ4v) is 5.09. The molecule has 0 aliphatic carbocycles. The minimum absolute atomic E-state index is 0.00751. The van der Waals surface area contributed by atoms with Crippen molar-refractivity contribution in [3.63, 3.8) is 0 Å². The average Bonchev–Trinajstić information content (AvgIpc) is 3.37. The lowest BCUT2D eigenvalue weighted by Gasteiger charge is -2.29. The predicted molar refractivity (Wildman–Crippen MR) is 96.9 cm³/mol. The maximum Gasteiger partial charge on any atom is 0.303 e. The van der Waals surface area contributed by atoms with Crippen molar-refractivity contribution in [1.29, 1.82) is 0 Å². The van der Waals surface area contributed by atoms with Gasteiger partial charge in [0.15, 0.2) is 0 Å². The number of hydrogen-bond acceptors (Lipinski definition) is 5.